The molecule has 0 fully saturated rings. The van der Waals surface area contributed by atoms with Crippen molar-refractivity contribution in [1.82, 2.24) is 4.90 Å². The molecule has 142 valence electrons. The van der Waals surface area contributed by atoms with Crippen LogP contribution in [0.4, 0.5) is 0 Å². The highest BCUT2D eigenvalue weighted by atomic mass is 32.1. The van der Waals surface area contributed by atoms with Gasteiger partial charge in [-0.3, -0.25) is 9.59 Å². The first-order valence-corrected chi connectivity index (χ1v) is 9.41. The molecule has 2 heterocycles. The first-order valence-electron chi connectivity index (χ1n) is 8.53. The molecule has 0 saturated carbocycles. The van der Waals surface area contributed by atoms with Crippen LogP contribution in [0.5, 0.6) is 11.5 Å². The van der Waals surface area contributed by atoms with Gasteiger partial charge in [0.1, 0.15) is 0 Å². The monoisotopic (exact) mass is 387 g/mol. The average Bonchev–Trinajstić information content (AvgIpc) is 3.30. The standard InChI is InChI=1S/C20H21NO5S/c1-4-13(22)17-18(16-6-5-9-27-16)21(20(24)19(17)23)11-12-7-8-14(25-2)15(10-12)26-3/h5-10,18,23H,4,11H2,1-3H3. The lowest BCUT2D eigenvalue weighted by Gasteiger charge is -2.26. The summed E-state index contributed by atoms with van der Waals surface area (Å²) in [6, 6.07) is 8.53. The van der Waals surface area contributed by atoms with Crippen LogP contribution in [-0.4, -0.2) is 35.9 Å². The van der Waals surface area contributed by atoms with Crippen LogP contribution >= 0.6 is 11.3 Å². The van der Waals surface area contributed by atoms with Gasteiger partial charge in [0.2, 0.25) is 0 Å². The molecule has 1 aliphatic rings. The SMILES string of the molecule is CCC(=O)C1=C(O)C(=O)N(Cc2ccc(OC)c(OC)c2)C1c1cccs1. The minimum Gasteiger partial charge on any atom is -0.503 e. The number of ketones is 1. The topological polar surface area (TPSA) is 76.1 Å². The van der Waals surface area contributed by atoms with Gasteiger partial charge < -0.3 is 19.5 Å². The molecule has 3 rings (SSSR count). The predicted molar refractivity (Wildman–Crippen MR) is 102 cm³/mol. The molecule has 0 bridgehead atoms. The van der Waals surface area contributed by atoms with Crippen LogP contribution in [-0.2, 0) is 16.1 Å². The minimum absolute atomic E-state index is 0.172. The van der Waals surface area contributed by atoms with Gasteiger partial charge in [0.05, 0.1) is 25.8 Å². The summed E-state index contributed by atoms with van der Waals surface area (Å²) in [5, 5.41) is 12.3. The molecule has 0 spiro atoms. The molecule has 1 aliphatic heterocycles. The Morgan fingerprint density at radius 3 is 2.56 bits per heavy atom. The van der Waals surface area contributed by atoms with Crippen molar-refractivity contribution < 1.29 is 24.2 Å². The highest BCUT2D eigenvalue weighted by Crippen LogP contribution is 2.41. The number of methoxy groups -OCH3 is 2. The molecule has 0 saturated heterocycles. The summed E-state index contributed by atoms with van der Waals surface area (Å²) in [5.74, 6) is -0.0854. The Bertz CT molecular complexity index is 888. The second-order valence-electron chi connectivity index (χ2n) is 6.08. The number of Topliss-reactive ketones (excluding diaryl/α,β-unsaturated/α-hetero) is 1. The fourth-order valence-electron chi connectivity index (χ4n) is 3.21. The number of amides is 1. The maximum absolute atomic E-state index is 12.7. The second-order valence-corrected chi connectivity index (χ2v) is 7.06. The van der Waals surface area contributed by atoms with E-state index in [0.29, 0.717) is 11.5 Å². The highest BCUT2D eigenvalue weighted by Gasteiger charge is 2.43. The van der Waals surface area contributed by atoms with Gasteiger partial charge in [-0.05, 0) is 29.1 Å². The first kappa shape index (κ1) is 19.0. The second kappa shape index (κ2) is 7.84. The number of ether oxygens (including phenoxy) is 2. The van der Waals surface area contributed by atoms with Crippen molar-refractivity contribution in [2.24, 2.45) is 0 Å². The van der Waals surface area contributed by atoms with E-state index >= 15 is 0 Å². The van der Waals surface area contributed by atoms with Gasteiger partial charge in [-0.25, -0.2) is 0 Å². The van der Waals surface area contributed by atoms with Crippen LogP contribution in [0.15, 0.2) is 47.0 Å². The normalized spacial score (nSPS) is 16.8. The van der Waals surface area contributed by atoms with Gasteiger partial charge in [-0.1, -0.05) is 19.1 Å². The van der Waals surface area contributed by atoms with E-state index in [1.54, 1.807) is 33.3 Å². The van der Waals surface area contributed by atoms with Gasteiger partial charge in [0.25, 0.3) is 5.91 Å². The summed E-state index contributed by atoms with van der Waals surface area (Å²) < 4.78 is 10.6. The molecule has 27 heavy (non-hydrogen) atoms. The van der Waals surface area contributed by atoms with Gasteiger partial charge in [-0.2, -0.15) is 0 Å². The Kier molecular flexibility index (Phi) is 5.51. The Hall–Kier alpha value is -2.80. The van der Waals surface area contributed by atoms with Crippen LogP contribution in [0.1, 0.15) is 29.8 Å². The minimum atomic E-state index is -0.585. The third-order valence-corrected chi connectivity index (χ3v) is 5.46. The third-order valence-electron chi connectivity index (χ3n) is 4.54. The number of thiophene rings is 1. The van der Waals surface area contributed by atoms with Gasteiger partial charge in [0.15, 0.2) is 23.0 Å². The quantitative estimate of drug-likeness (QED) is 0.785. The van der Waals surface area contributed by atoms with Crippen molar-refractivity contribution in [3.05, 3.63) is 57.5 Å². The molecule has 0 radical (unpaired) electrons. The lowest BCUT2D eigenvalue weighted by atomic mass is 10.00. The zero-order valence-electron chi connectivity index (χ0n) is 15.4. The van der Waals surface area contributed by atoms with E-state index in [9.17, 15) is 14.7 Å². The van der Waals surface area contributed by atoms with E-state index in [4.69, 9.17) is 9.47 Å². The average molecular weight is 387 g/mol. The van der Waals surface area contributed by atoms with Gasteiger partial charge in [0, 0.05) is 17.8 Å². The number of rotatable bonds is 7. The number of nitrogens with zero attached hydrogens (tertiary/aromatic N) is 1. The van der Waals surface area contributed by atoms with Crippen LogP contribution < -0.4 is 9.47 Å². The molecule has 6 nitrogen and oxygen atoms in total. The highest BCUT2D eigenvalue weighted by molar-refractivity contribution is 7.10. The number of carbonyl (C=O) groups excluding carboxylic acids is 2. The van der Waals surface area contributed by atoms with Gasteiger partial charge in [-0.15, -0.1) is 11.3 Å². The molecule has 1 amide bonds. The molecule has 7 heteroatoms. The Labute approximate surface area is 161 Å². The number of hydrogen-bond donors (Lipinski definition) is 1. The van der Waals surface area contributed by atoms with E-state index in [-0.39, 0.29) is 24.3 Å². The molecule has 1 unspecified atom stereocenters. The zero-order chi connectivity index (χ0) is 19.6. The molecule has 0 aliphatic carbocycles. The van der Waals surface area contributed by atoms with Crippen LogP contribution in [0.25, 0.3) is 0 Å². The summed E-state index contributed by atoms with van der Waals surface area (Å²) >= 11 is 1.45. The Morgan fingerprint density at radius 1 is 1.22 bits per heavy atom. The van der Waals surface area contributed by atoms with Crippen molar-refractivity contribution in [3.8, 4) is 11.5 Å². The molecule has 1 aromatic heterocycles. The number of benzene rings is 1. The maximum atomic E-state index is 12.7. The summed E-state index contributed by atoms with van der Waals surface area (Å²) in [6.07, 6.45) is 0.221. The lowest BCUT2D eigenvalue weighted by Crippen LogP contribution is -2.30. The number of aliphatic hydroxyl groups excluding tert-OH is 1. The molecular weight excluding hydrogens is 366 g/mol. The van der Waals surface area contributed by atoms with E-state index in [1.165, 1.54) is 16.2 Å². The molecule has 2 aromatic rings. The fourth-order valence-corrected chi connectivity index (χ4v) is 4.06. The van der Waals surface area contributed by atoms with Crippen molar-refractivity contribution in [1.29, 1.82) is 0 Å². The smallest absolute Gasteiger partial charge is 0.290 e. The van der Waals surface area contributed by atoms with Gasteiger partial charge >= 0.3 is 0 Å². The Morgan fingerprint density at radius 2 is 1.96 bits per heavy atom. The Balaban J connectivity index is 1.99. The summed E-state index contributed by atoms with van der Waals surface area (Å²) in [6.45, 7) is 1.95. The van der Waals surface area contributed by atoms with Crippen LogP contribution in [0.3, 0.4) is 0 Å². The fraction of sp³-hybridized carbons (Fsp3) is 0.300. The van der Waals surface area contributed by atoms with E-state index in [1.807, 2.05) is 23.6 Å². The summed E-state index contributed by atoms with van der Waals surface area (Å²) in [7, 11) is 3.10. The third kappa shape index (κ3) is 3.42. The largest absolute Gasteiger partial charge is 0.503 e. The molecule has 1 N–H and O–H groups in total. The zero-order valence-corrected chi connectivity index (χ0v) is 16.2. The van der Waals surface area contributed by atoms with Crippen molar-refractivity contribution in [2.75, 3.05) is 14.2 Å². The number of carbonyl (C=O) groups is 2. The summed E-state index contributed by atoms with van der Waals surface area (Å²) in [4.78, 5) is 27.5. The molecule has 1 aromatic carbocycles. The van der Waals surface area contributed by atoms with Crippen molar-refractivity contribution in [3.63, 3.8) is 0 Å². The predicted octanol–water partition coefficient (Wildman–Crippen LogP) is 3.64. The lowest BCUT2D eigenvalue weighted by molar-refractivity contribution is -0.130. The molecular formula is C20H21NO5S. The number of hydrogen-bond acceptors (Lipinski definition) is 6. The van der Waals surface area contributed by atoms with Crippen molar-refractivity contribution in [2.45, 2.75) is 25.9 Å². The van der Waals surface area contributed by atoms with Crippen molar-refractivity contribution >= 4 is 23.0 Å². The maximum Gasteiger partial charge on any atom is 0.290 e. The summed E-state index contributed by atoms with van der Waals surface area (Å²) in [5.41, 5.74) is 0.978. The van der Waals surface area contributed by atoms with Crippen LogP contribution in [0, 0.1) is 0 Å². The van der Waals surface area contributed by atoms with E-state index in [2.05, 4.69) is 0 Å². The molecule has 1 atom stereocenters. The van der Waals surface area contributed by atoms with E-state index in [0.717, 1.165) is 10.4 Å². The van der Waals surface area contributed by atoms with E-state index < -0.39 is 17.7 Å². The first-order chi connectivity index (χ1) is 13.0. The number of aliphatic hydroxyl groups is 1. The van der Waals surface area contributed by atoms with Crippen LogP contribution in [0.2, 0.25) is 0 Å².